The molecular formula is C4H6N2S3. The lowest BCUT2D eigenvalue weighted by molar-refractivity contribution is 0.583. The zero-order valence-corrected chi connectivity index (χ0v) is 7.57. The molecule has 50 valence electrons. The maximum atomic E-state index is 4.96. The summed E-state index contributed by atoms with van der Waals surface area (Å²) in [5.41, 5.74) is 0. The second kappa shape index (κ2) is 2.32. The van der Waals surface area contributed by atoms with Crippen molar-refractivity contribution in [3.05, 3.63) is 7.91 Å². The van der Waals surface area contributed by atoms with E-state index < -0.39 is 0 Å². The predicted molar refractivity (Wildman–Crippen MR) is 43.9 cm³/mol. The van der Waals surface area contributed by atoms with E-state index in [1.807, 2.05) is 23.5 Å². The summed E-state index contributed by atoms with van der Waals surface area (Å²) < 4.78 is 5.34. The summed E-state index contributed by atoms with van der Waals surface area (Å²) in [6.07, 6.45) is 0. The molecule has 0 aliphatic carbocycles. The van der Waals surface area contributed by atoms with Gasteiger partial charge in [-0.2, -0.15) is 0 Å². The number of aromatic nitrogens is 2. The predicted octanol–water partition coefficient (Wildman–Crippen LogP) is 1.88. The first-order chi connectivity index (χ1) is 4.13. The largest absolute Gasteiger partial charge is 0.268 e. The van der Waals surface area contributed by atoms with Crippen LogP contribution in [0.2, 0.25) is 0 Å². The highest BCUT2D eigenvalue weighted by atomic mass is 32.2. The zero-order valence-electron chi connectivity index (χ0n) is 5.12. The smallest absolute Gasteiger partial charge is 0.178 e. The second-order valence-electron chi connectivity index (χ2n) is 1.68. The standard InChI is InChI=1S/C4H6N2S3/c1-5-3(7)9-4(8)6(5)2/h1-2H3. The lowest BCUT2D eigenvalue weighted by Gasteiger charge is -1.95. The molecule has 0 N–H and O–H groups in total. The second-order valence-corrected chi connectivity index (χ2v) is 3.95. The summed E-state index contributed by atoms with van der Waals surface area (Å²) in [7, 11) is 3.79. The van der Waals surface area contributed by atoms with Gasteiger partial charge in [0.1, 0.15) is 0 Å². The minimum atomic E-state index is 0.822. The van der Waals surface area contributed by atoms with Crippen LogP contribution in [0, 0.1) is 7.91 Å². The van der Waals surface area contributed by atoms with E-state index in [0.717, 1.165) is 7.91 Å². The minimum Gasteiger partial charge on any atom is -0.268 e. The average molecular weight is 178 g/mol. The fourth-order valence-electron chi connectivity index (χ4n) is 0.452. The van der Waals surface area contributed by atoms with E-state index in [2.05, 4.69) is 0 Å². The van der Waals surface area contributed by atoms with Crippen LogP contribution in [-0.4, -0.2) is 9.36 Å². The van der Waals surface area contributed by atoms with Crippen molar-refractivity contribution in [2.75, 3.05) is 0 Å². The highest BCUT2D eigenvalue weighted by molar-refractivity contribution is 7.75. The molecule has 0 spiro atoms. The minimum absolute atomic E-state index is 0.822. The maximum absolute atomic E-state index is 4.96. The Hall–Kier alpha value is -0.0000000000000000278. The van der Waals surface area contributed by atoms with Crippen LogP contribution in [0.1, 0.15) is 0 Å². The average Bonchev–Trinajstić information content (AvgIpc) is 1.98. The summed E-state index contributed by atoms with van der Waals surface area (Å²) in [5.74, 6) is 0. The topological polar surface area (TPSA) is 9.86 Å². The highest BCUT2D eigenvalue weighted by Gasteiger charge is 1.91. The zero-order chi connectivity index (χ0) is 7.02. The van der Waals surface area contributed by atoms with E-state index in [9.17, 15) is 0 Å². The van der Waals surface area contributed by atoms with E-state index >= 15 is 0 Å². The summed E-state index contributed by atoms with van der Waals surface area (Å²) in [5, 5.41) is 0. The molecule has 0 bridgehead atoms. The van der Waals surface area contributed by atoms with Crippen molar-refractivity contribution < 1.29 is 0 Å². The number of rotatable bonds is 0. The fraction of sp³-hybridized carbons (Fsp3) is 0.500. The van der Waals surface area contributed by atoms with Crippen molar-refractivity contribution in [1.82, 2.24) is 9.36 Å². The lowest BCUT2D eigenvalue weighted by Crippen LogP contribution is -2.02. The molecular weight excluding hydrogens is 172 g/mol. The Balaban J connectivity index is 3.67. The van der Waals surface area contributed by atoms with Crippen molar-refractivity contribution >= 4 is 35.8 Å². The van der Waals surface area contributed by atoms with Crippen molar-refractivity contribution in [3.63, 3.8) is 0 Å². The van der Waals surface area contributed by atoms with E-state index in [4.69, 9.17) is 24.4 Å². The molecule has 0 unspecified atom stereocenters. The molecule has 1 aromatic heterocycles. The molecule has 1 heterocycles. The van der Waals surface area contributed by atoms with Gasteiger partial charge in [0.25, 0.3) is 0 Å². The van der Waals surface area contributed by atoms with Crippen LogP contribution in [0.5, 0.6) is 0 Å². The summed E-state index contributed by atoms with van der Waals surface area (Å²) >= 11 is 11.4. The normalized spacial score (nSPS) is 10.0. The lowest BCUT2D eigenvalue weighted by atomic mass is 11.2. The van der Waals surface area contributed by atoms with Gasteiger partial charge in [-0.25, -0.2) is 0 Å². The maximum Gasteiger partial charge on any atom is 0.178 e. The molecule has 0 amide bonds. The first-order valence-corrected chi connectivity index (χ1v) is 3.99. The van der Waals surface area contributed by atoms with Gasteiger partial charge in [0.15, 0.2) is 7.91 Å². The van der Waals surface area contributed by atoms with Gasteiger partial charge < -0.3 is 0 Å². The molecule has 0 aliphatic rings. The quantitative estimate of drug-likeness (QED) is 0.561. The van der Waals surface area contributed by atoms with Gasteiger partial charge in [-0.3, -0.25) is 9.36 Å². The molecule has 0 atom stereocenters. The SMILES string of the molecule is Cn1c(=S)sc(=S)n1C. The Morgan fingerprint density at radius 3 is 1.56 bits per heavy atom. The third-order valence-electron chi connectivity index (χ3n) is 1.15. The first-order valence-electron chi connectivity index (χ1n) is 2.36. The molecule has 5 heteroatoms. The molecule has 2 nitrogen and oxygen atoms in total. The number of hydrogen-bond donors (Lipinski definition) is 0. The van der Waals surface area contributed by atoms with Crippen LogP contribution >= 0.6 is 35.8 Å². The molecule has 0 radical (unpaired) electrons. The third-order valence-corrected chi connectivity index (χ3v) is 3.06. The van der Waals surface area contributed by atoms with Crippen molar-refractivity contribution in [2.45, 2.75) is 0 Å². The molecule has 1 aromatic rings. The molecule has 0 aromatic carbocycles. The van der Waals surface area contributed by atoms with Gasteiger partial charge in [0.2, 0.25) is 0 Å². The Morgan fingerprint density at radius 1 is 1.11 bits per heavy atom. The van der Waals surface area contributed by atoms with E-state index in [1.54, 1.807) is 0 Å². The fourth-order valence-corrected chi connectivity index (χ4v) is 1.99. The van der Waals surface area contributed by atoms with Crippen LogP contribution in [0.15, 0.2) is 0 Å². The number of hydrogen-bond acceptors (Lipinski definition) is 3. The van der Waals surface area contributed by atoms with Crippen LogP contribution in [0.4, 0.5) is 0 Å². The summed E-state index contributed by atoms with van der Waals surface area (Å²) in [6.45, 7) is 0. The van der Waals surface area contributed by atoms with E-state index in [1.165, 1.54) is 11.3 Å². The van der Waals surface area contributed by atoms with Crippen molar-refractivity contribution in [1.29, 1.82) is 0 Å². The summed E-state index contributed by atoms with van der Waals surface area (Å²) in [4.78, 5) is 0. The van der Waals surface area contributed by atoms with Crippen LogP contribution in [0.3, 0.4) is 0 Å². The monoisotopic (exact) mass is 178 g/mol. The molecule has 9 heavy (non-hydrogen) atoms. The van der Waals surface area contributed by atoms with Crippen molar-refractivity contribution in [3.8, 4) is 0 Å². The van der Waals surface area contributed by atoms with Gasteiger partial charge in [-0.15, -0.1) is 0 Å². The van der Waals surface area contributed by atoms with Crippen LogP contribution < -0.4 is 0 Å². The van der Waals surface area contributed by atoms with E-state index in [-0.39, 0.29) is 0 Å². The van der Waals surface area contributed by atoms with Crippen LogP contribution in [0.25, 0.3) is 0 Å². The molecule has 0 fully saturated rings. The van der Waals surface area contributed by atoms with Crippen molar-refractivity contribution in [2.24, 2.45) is 14.1 Å². The number of nitrogens with zero attached hydrogens (tertiary/aromatic N) is 2. The highest BCUT2D eigenvalue weighted by Crippen LogP contribution is 2.03. The molecule has 0 saturated carbocycles. The van der Waals surface area contributed by atoms with Gasteiger partial charge in [-0.1, -0.05) is 11.3 Å². The van der Waals surface area contributed by atoms with E-state index in [0.29, 0.717) is 0 Å². The summed E-state index contributed by atoms with van der Waals surface area (Å²) in [6, 6.07) is 0. The third kappa shape index (κ3) is 1.12. The van der Waals surface area contributed by atoms with Crippen LogP contribution in [-0.2, 0) is 14.1 Å². The Bertz CT molecular complexity index is 285. The Labute approximate surface area is 67.3 Å². The molecule has 0 saturated heterocycles. The van der Waals surface area contributed by atoms with Gasteiger partial charge in [-0.05, 0) is 24.4 Å². The Kier molecular flexibility index (Phi) is 1.83. The Morgan fingerprint density at radius 2 is 1.44 bits per heavy atom. The van der Waals surface area contributed by atoms with Gasteiger partial charge >= 0.3 is 0 Å². The van der Waals surface area contributed by atoms with Gasteiger partial charge in [0.05, 0.1) is 0 Å². The first kappa shape index (κ1) is 7.11. The van der Waals surface area contributed by atoms with Gasteiger partial charge in [0, 0.05) is 14.1 Å². The molecule has 1 rings (SSSR count). The molecule has 0 aliphatic heterocycles.